The molecule has 0 bridgehead atoms. The van der Waals surface area contributed by atoms with Gasteiger partial charge in [-0.25, -0.2) is 4.39 Å². The number of benzene rings is 1. The molecule has 1 saturated heterocycles. The van der Waals surface area contributed by atoms with Gasteiger partial charge in [0.15, 0.2) is 5.96 Å². The van der Waals surface area contributed by atoms with Gasteiger partial charge in [-0.3, -0.25) is 9.89 Å². The van der Waals surface area contributed by atoms with Gasteiger partial charge in [-0.2, -0.15) is 0 Å². The zero-order valence-electron chi connectivity index (χ0n) is 15.8. The van der Waals surface area contributed by atoms with E-state index in [0.717, 1.165) is 63.9 Å². The van der Waals surface area contributed by atoms with Crippen LogP contribution in [0.4, 0.5) is 4.39 Å². The monoisotopic (exact) mass is 366 g/mol. The molecule has 1 aliphatic rings. The average Bonchev–Trinajstić information content (AvgIpc) is 2.67. The van der Waals surface area contributed by atoms with Crippen LogP contribution in [0.5, 0.6) is 0 Å². The van der Waals surface area contributed by atoms with Gasteiger partial charge in [0, 0.05) is 33.3 Å². The van der Waals surface area contributed by atoms with Crippen LogP contribution in [0.1, 0.15) is 25.0 Å². The van der Waals surface area contributed by atoms with Crippen molar-refractivity contribution in [3.63, 3.8) is 0 Å². The molecule has 26 heavy (non-hydrogen) atoms. The molecule has 1 atom stereocenters. The molecule has 0 aliphatic carbocycles. The predicted molar refractivity (Wildman–Crippen MR) is 102 cm³/mol. The molecular formula is C19H31FN4O2. The van der Waals surface area contributed by atoms with Crippen molar-refractivity contribution < 1.29 is 13.9 Å². The van der Waals surface area contributed by atoms with Gasteiger partial charge in [0.1, 0.15) is 11.9 Å². The molecule has 2 N–H and O–H groups in total. The van der Waals surface area contributed by atoms with Gasteiger partial charge < -0.3 is 20.1 Å². The molecule has 7 heteroatoms. The van der Waals surface area contributed by atoms with Gasteiger partial charge in [0.2, 0.25) is 0 Å². The number of methoxy groups -OCH3 is 1. The van der Waals surface area contributed by atoms with Crippen LogP contribution in [0.25, 0.3) is 0 Å². The highest BCUT2D eigenvalue weighted by atomic mass is 19.1. The van der Waals surface area contributed by atoms with Crippen LogP contribution in [0.15, 0.2) is 29.3 Å². The molecule has 0 amide bonds. The lowest BCUT2D eigenvalue weighted by atomic mass is 10.1. The smallest absolute Gasteiger partial charge is 0.191 e. The van der Waals surface area contributed by atoms with Crippen LogP contribution in [0.3, 0.4) is 0 Å². The maximum Gasteiger partial charge on any atom is 0.191 e. The van der Waals surface area contributed by atoms with Gasteiger partial charge in [0.05, 0.1) is 19.8 Å². The molecule has 0 saturated carbocycles. The van der Waals surface area contributed by atoms with Crippen molar-refractivity contribution in [3.8, 4) is 0 Å². The van der Waals surface area contributed by atoms with E-state index in [0.29, 0.717) is 6.54 Å². The highest BCUT2D eigenvalue weighted by Gasteiger charge is 2.11. The first-order valence-electron chi connectivity index (χ1n) is 9.33. The standard InChI is InChI=1S/C19H31FN4O2/c1-3-21-19(22-9-4-10-24-11-13-26-14-12-24)23-15-18(25-2)16-5-7-17(20)8-6-16/h5-8,18H,3-4,9-15H2,1-2H3,(H2,21,22,23). The molecule has 6 nitrogen and oxygen atoms in total. The summed E-state index contributed by atoms with van der Waals surface area (Å²) in [4.78, 5) is 7.03. The van der Waals surface area contributed by atoms with Crippen molar-refractivity contribution in [2.24, 2.45) is 4.99 Å². The number of halogens is 1. The number of morpholine rings is 1. The summed E-state index contributed by atoms with van der Waals surface area (Å²) in [7, 11) is 1.65. The second-order valence-electron chi connectivity index (χ2n) is 6.23. The van der Waals surface area contributed by atoms with Crippen molar-refractivity contribution in [2.45, 2.75) is 19.4 Å². The maximum atomic E-state index is 13.1. The highest BCUT2D eigenvalue weighted by molar-refractivity contribution is 5.79. The quantitative estimate of drug-likeness (QED) is 0.396. The Kier molecular flexibility index (Phi) is 9.38. The molecule has 146 valence electrons. The minimum absolute atomic E-state index is 0.195. The molecule has 1 aliphatic heterocycles. The Morgan fingerprint density at radius 1 is 1.27 bits per heavy atom. The summed E-state index contributed by atoms with van der Waals surface area (Å²) < 4.78 is 23.9. The molecule has 1 unspecified atom stereocenters. The zero-order chi connectivity index (χ0) is 18.6. The Hall–Kier alpha value is -1.70. The van der Waals surface area contributed by atoms with Crippen LogP contribution < -0.4 is 10.6 Å². The summed E-state index contributed by atoms with van der Waals surface area (Å²) in [5, 5.41) is 6.62. The first-order valence-corrected chi connectivity index (χ1v) is 9.33. The van der Waals surface area contributed by atoms with Crippen molar-refractivity contribution in [1.82, 2.24) is 15.5 Å². The van der Waals surface area contributed by atoms with Gasteiger partial charge in [-0.05, 0) is 37.6 Å². The average molecular weight is 366 g/mol. The SMILES string of the molecule is CCNC(=NCC(OC)c1ccc(F)cc1)NCCCN1CCOCC1. The van der Waals surface area contributed by atoms with Crippen LogP contribution >= 0.6 is 0 Å². The Balaban J connectivity index is 1.79. The number of guanidine groups is 1. The Morgan fingerprint density at radius 3 is 2.65 bits per heavy atom. The van der Waals surface area contributed by atoms with E-state index in [4.69, 9.17) is 9.47 Å². The van der Waals surface area contributed by atoms with E-state index in [1.807, 2.05) is 6.92 Å². The summed E-state index contributed by atoms with van der Waals surface area (Å²) in [6.45, 7) is 8.92. The van der Waals surface area contributed by atoms with Crippen molar-refractivity contribution in [1.29, 1.82) is 0 Å². The molecule has 0 radical (unpaired) electrons. The third kappa shape index (κ3) is 7.27. The molecular weight excluding hydrogens is 335 g/mol. The lowest BCUT2D eigenvalue weighted by Crippen LogP contribution is -2.41. The first-order chi connectivity index (χ1) is 12.7. The second kappa shape index (κ2) is 11.8. The van der Waals surface area contributed by atoms with E-state index >= 15 is 0 Å². The van der Waals surface area contributed by atoms with Crippen molar-refractivity contribution in [3.05, 3.63) is 35.6 Å². The van der Waals surface area contributed by atoms with Gasteiger partial charge >= 0.3 is 0 Å². The van der Waals surface area contributed by atoms with E-state index in [2.05, 4.69) is 20.5 Å². The normalized spacial score (nSPS) is 17.1. The largest absolute Gasteiger partial charge is 0.379 e. The Labute approximate surface area is 155 Å². The molecule has 1 aromatic rings. The Morgan fingerprint density at radius 2 is 2.00 bits per heavy atom. The second-order valence-corrected chi connectivity index (χ2v) is 6.23. The van der Waals surface area contributed by atoms with Crippen LogP contribution in [0, 0.1) is 5.82 Å². The summed E-state index contributed by atoms with van der Waals surface area (Å²) >= 11 is 0. The van der Waals surface area contributed by atoms with Gasteiger partial charge in [-0.1, -0.05) is 12.1 Å². The van der Waals surface area contributed by atoms with Crippen LogP contribution in [0.2, 0.25) is 0 Å². The molecule has 0 aromatic heterocycles. The maximum absolute atomic E-state index is 13.1. The summed E-state index contributed by atoms with van der Waals surface area (Å²) in [6, 6.07) is 6.36. The van der Waals surface area contributed by atoms with Crippen molar-refractivity contribution in [2.75, 3.05) is 59.6 Å². The van der Waals surface area contributed by atoms with Crippen LogP contribution in [-0.2, 0) is 9.47 Å². The Bertz CT molecular complexity index is 533. The first kappa shape index (κ1) is 20.6. The number of ether oxygens (including phenoxy) is 2. The van der Waals surface area contributed by atoms with E-state index < -0.39 is 0 Å². The fraction of sp³-hybridized carbons (Fsp3) is 0.632. The number of aliphatic imine (C=N–C) groups is 1. The number of hydrogen-bond acceptors (Lipinski definition) is 4. The molecule has 1 heterocycles. The summed E-state index contributed by atoms with van der Waals surface area (Å²) in [5.74, 6) is 0.529. The fourth-order valence-electron chi connectivity index (χ4n) is 2.84. The van der Waals surface area contributed by atoms with Crippen molar-refractivity contribution >= 4 is 5.96 Å². The van der Waals surface area contributed by atoms with E-state index in [9.17, 15) is 4.39 Å². The third-order valence-corrected chi connectivity index (χ3v) is 4.33. The molecule has 2 rings (SSSR count). The molecule has 1 aromatic carbocycles. The number of nitrogens with one attached hydrogen (secondary N) is 2. The van der Waals surface area contributed by atoms with Gasteiger partial charge in [0.25, 0.3) is 0 Å². The number of hydrogen-bond donors (Lipinski definition) is 2. The van der Waals surface area contributed by atoms with E-state index in [1.165, 1.54) is 12.1 Å². The summed E-state index contributed by atoms with van der Waals surface area (Å²) in [6.07, 6.45) is 0.857. The summed E-state index contributed by atoms with van der Waals surface area (Å²) in [5.41, 5.74) is 0.917. The van der Waals surface area contributed by atoms with Gasteiger partial charge in [-0.15, -0.1) is 0 Å². The molecule has 0 spiro atoms. The molecule has 1 fully saturated rings. The number of rotatable bonds is 9. The highest BCUT2D eigenvalue weighted by Crippen LogP contribution is 2.17. The fourth-order valence-corrected chi connectivity index (χ4v) is 2.84. The minimum atomic E-state index is -0.248. The van der Waals surface area contributed by atoms with E-state index in [-0.39, 0.29) is 11.9 Å². The lowest BCUT2D eigenvalue weighted by molar-refractivity contribution is 0.0376. The predicted octanol–water partition coefficient (Wildman–Crippen LogP) is 1.79. The lowest BCUT2D eigenvalue weighted by Gasteiger charge is -2.26. The van der Waals surface area contributed by atoms with Crippen LogP contribution in [-0.4, -0.2) is 70.5 Å². The third-order valence-electron chi connectivity index (χ3n) is 4.33. The topological polar surface area (TPSA) is 58.1 Å². The number of nitrogens with zero attached hydrogens (tertiary/aromatic N) is 2. The zero-order valence-corrected chi connectivity index (χ0v) is 15.8. The van der Waals surface area contributed by atoms with E-state index in [1.54, 1.807) is 19.2 Å². The minimum Gasteiger partial charge on any atom is -0.379 e.